The SMILES string of the molecule is O=C=NC1(c2ccc(C3CCCCC3)c(Br)c2)CCCC1. The van der Waals surface area contributed by atoms with Crippen molar-refractivity contribution in [1.82, 2.24) is 0 Å². The maximum atomic E-state index is 10.8. The Hall–Kier alpha value is -0.920. The number of aliphatic imine (C=N–C) groups is 1. The van der Waals surface area contributed by atoms with E-state index in [1.54, 1.807) is 6.08 Å². The summed E-state index contributed by atoms with van der Waals surface area (Å²) in [4.78, 5) is 15.0. The fourth-order valence-electron chi connectivity index (χ4n) is 4.07. The zero-order chi connectivity index (χ0) is 14.7. The van der Waals surface area contributed by atoms with Crippen LogP contribution in [0.4, 0.5) is 0 Å². The average molecular weight is 348 g/mol. The fraction of sp³-hybridized carbons (Fsp3) is 0.611. The van der Waals surface area contributed by atoms with Crippen molar-refractivity contribution in [3.05, 3.63) is 33.8 Å². The molecule has 0 spiro atoms. The summed E-state index contributed by atoms with van der Waals surface area (Å²) in [5.74, 6) is 0.691. The third kappa shape index (κ3) is 3.00. The molecule has 112 valence electrons. The van der Waals surface area contributed by atoms with Crippen LogP contribution in [0, 0.1) is 0 Å². The first-order valence-electron chi connectivity index (χ1n) is 8.14. The molecule has 1 aromatic rings. The summed E-state index contributed by atoms with van der Waals surface area (Å²) in [7, 11) is 0. The van der Waals surface area contributed by atoms with E-state index in [9.17, 15) is 4.79 Å². The average Bonchev–Trinajstić information content (AvgIpc) is 2.98. The van der Waals surface area contributed by atoms with E-state index < -0.39 is 0 Å². The molecule has 2 nitrogen and oxygen atoms in total. The maximum absolute atomic E-state index is 10.8. The molecule has 0 amide bonds. The third-order valence-corrected chi connectivity index (χ3v) is 5.96. The molecule has 0 saturated heterocycles. The van der Waals surface area contributed by atoms with Gasteiger partial charge in [0.2, 0.25) is 6.08 Å². The molecule has 0 heterocycles. The Morgan fingerprint density at radius 2 is 1.81 bits per heavy atom. The first-order valence-corrected chi connectivity index (χ1v) is 8.93. The molecule has 21 heavy (non-hydrogen) atoms. The van der Waals surface area contributed by atoms with Crippen LogP contribution in [-0.4, -0.2) is 6.08 Å². The quantitative estimate of drug-likeness (QED) is 0.516. The predicted octanol–water partition coefficient (Wildman–Crippen LogP) is 5.60. The molecule has 0 N–H and O–H groups in total. The number of nitrogens with zero attached hydrogens (tertiary/aromatic N) is 1. The Balaban J connectivity index is 1.91. The largest absolute Gasteiger partial charge is 0.235 e. The van der Waals surface area contributed by atoms with E-state index in [1.807, 2.05) is 0 Å². The lowest BCUT2D eigenvalue weighted by Crippen LogP contribution is -2.19. The van der Waals surface area contributed by atoms with Crippen molar-refractivity contribution >= 4 is 22.0 Å². The van der Waals surface area contributed by atoms with E-state index >= 15 is 0 Å². The van der Waals surface area contributed by atoms with E-state index in [0.717, 1.165) is 25.7 Å². The summed E-state index contributed by atoms with van der Waals surface area (Å²) < 4.78 is 1.19. The predicted molar refractivity (Wildman–Crippen MR) is 88.2 cm³/mol. The molecule has 0 bridgehead atoms. The lowest BCUT2D eigenvalue weighted by atomic mass is 9.82. The second-order valence-corrected chi connectivity index (χ2v) is 7.37. The summed E-state index contributed by atoms with van der Waals surface area (Å²) in [6.45, 7) is 0. The zero-order valence-corrected chi connectivity index (χ0v) is 14.0. The van der Waals surface area contributed by atoms with E-state index in [-0.39, 0.29) is 5.54 Å². The van der Waals surface area contributed by atoms with E-state index in [2.05, 4.69) is 39.1 Å². The summed E-state index contributed by atoms with van der Waals surface area (Å²) >= 11 is 3.76. The van der Waals surface area contributed by atoms with Crippen LogP contribution in [0.3, 0.4) is 0 Å². The van der Waals surface area contributed by atoms with Gasteiger partial charge in [-0.1, -0.05) is 60.2 Å². The van der Waals surface area contributed by atoms with Crippen LogP contribution in [0.2, 0.25) is 0 Å². The number of rotatable bonds is 3. The molecule has 0 radical (unpaired) electrons. The minimum atomic E-state index is -0.310. The van der Waals surface area contributed by atoms with Gasteiger partial charge in [0, 0.05) is 4.47 Å². The van der Waals surface area contributed by atoms with Crippen LogP contribution in [0.25, 0.3) is 0 Å². The van der Waals surface area contributed by atoms with Gasteiger partial charge in [-0.2, -0.15) is 4.99 Å². The van der Waals surface area contributed by atoms with Gasteiger partial charge < -0.3 is 0 Å². The summed E-state index contributed by atoms with van der Waals surface area (Å²) in [6, 6.07) is 6.66. The number of hydrogen-bond acceptors (Lipinski definition) is 2. The molecule has 0 unspecified atom stereocenters. The molecule has 3 rings (SSSR count). The number of carbonyl (C=O) groups excluding carboxylic acids is 1. The number of halogens is 1. The minimum Gasteiger partial charge on any atom is -0.211 e. The smallest absolute Gasteiger partial charge is 0.211 e. The Morgan fingerprint density at radius 3 is 2.43 bits per heavy atom. The van der Waals surface area contributed by atoms with Gasteiger partial charge in [0.1, 0.15) is 0 Å². The van der Waals surface area contributed by atoms with Crippen LogP contribution < -0.4 is 0 Å². The first kappa shape index (κ1) is 15.0. The van der Waals surface area contributed by atoms with Gasteiger partial charge in [0.15, 0.2) is 0 Å². The van der Waals surface area contributed by atoms with Crippen molar-refractivity contribution in [1.29, 1.82) is 0 Å². The first-order chi connectivity index (χ1) is 10.2. The zero-order valence-electron chi connectivity index (χ0n) is 12.4. The molecular formula is C18H22BrNO. The van der Waals surface area contributed by atoms with Gasteiger partial charge in [-0.3, -0.25) is 0 Å². The van der Waals surface area contributed by atoms with Gasteiger partial charge in [-0.25, -0.2) is 4.79 Å². The second kappa shape index (κ2) is 6.46. The number of benzene rings is 1. The summed E-state index contributed by atoms with van der Waals surface area (Å²) in [5, 5.41) is 0. The van der Waals surface area contributed by atoms with Crippen molar-refractivity contribution in [2.24, 2.45) is 4.99 Å². The monoisotopic (exact) mass is 347 g/mol. The van der Waals surface area contributed by atoms with Crippen LogP contribution in [-0.2, 0) is 10.3 Å². The van der Waals surface area contributed by atoms with Crippen LogP contribution >= 0.6 is 15.9 Å². The summed E-state index contributed by atoms with van der Waals surface area (Å²) in [6.07, 6.45) is 12.7. The Morgan fingerprint density at radius 1 is 1.10 bits per heavy atom. The third-order valence-electron chi connectivity index (χ3n) is 5.27. The van der Waals surface area contributed by atoms with Crippen LogP contribution in [0.15, 0.2) is 27.7 Å². The van der Waals surface area contributed by atoms with Gasteiger partial charge in [-0.15, -0.1) is 0 Å². The van der Waals surface area contributed by atoms with Crippen molar-refractivity contribution in [2.75, 3.05) is 0 Å². The molecule has 0 aliphatic heterocycles. The minimum absolute atomic E-state index is 0.310. The van der Waals surface area contributed by atoms with Crippen molar-refractivity contribution in [2.45, 2.75) is 69.2 Å². The highest BCUT2D eigenvalue weighted by molar-refractivity contribution is 9.10. The van der Waals surface area contributed by atoms with Crippen LogP contribution in [0.1, 0.15) is 74.8 Å². The van der Waals surface area contributed by atoms with Gasteiger partial charge in [-0.05, 0) is 48.8 Å². The highest BCUT2D eigenvalue weighted by Crippen LogP contribution is 2.44. The molecule has 2 aliphatic carbocycles. The lowest BCUT2D eigenvalue weighted by molar-refractivity contribution is 0.440. The molecule has 2 fully saturated rings. The van der Waals surface area contributed by atoms with Gasteiger partial charge >= 0.3 is 0 Å². The van der Waals surface area contributed by atoms with E-state index in [4.69, 9.17) is 0 Å². The number of isocyanates is 1. The topological polar surface area (TPSA) is 29.4 Å². The van der Waals surface area contributed by atoms with E-state index in [1.165, 1.54) is 47.7 Å². The molecule has 2 aliphatic rings. The summed E-state index contributed by atoms with van der Waals surface area (Å²) in [5.41, 5.74) is 2.30. The van der Waals surface area contributed by atoms with Crippen molar-refractivity contribution in [3.8, 4) is 0 Å². The highest BCUT2D eigenvalue weighted by atomic mass is 79.9. The standard InChI is InChI=1S/C18H22BrNO/c19-17-12-15(18(20-13-21)10-4-5-11-18)8-9-16(17)14-6-2-1-3-7-14/h8-9,12,14H,1-7,10-11H2. The Labute approximate surface area is 135 Å². The van der Waals surface area contributed by atoms with Crippen LogP contribution in [0.5, 0.6) is 0 Å². The normalized spacial score (nSPS) is 22.0. The Kier molecular flexibility index (Phi) is 4.61. The molecular weight excluding hydrogens is 326 g/mol. The molecule has 0 aromatic heterocycles. The van der Waals surface area contributed by atoms with E-state index in [0.29, 0.717) is 5.92 Å². The van der Waals surface area contributed by atoms with Gasteiger partial charge in [0.05, 0.1) is 5.54 Å². The Bertz CT molecular complexity index is 550. The molecule has 1 aromatic carbocycles. The van der Waals surface area contributed by atoms with Crippen molar-refractivity contribution in [3.63, 3.8) is 0 Å². The van der Waals surface area contributed by atoms with Crippen molar-refractivity contribution < 1.29 is 4.79 Å². The molecule has 0 atom stereocenters. The van der Waals surface area contributed by atoms with Gasteiger partial charge in [0.25, 0.3) is 0 Å². The molecule has 2 saturated carbocycles. The maximum Gasteiger partial charge on any atom is 0.235 e. The number of hydrogen-bond donors (Lipinski definition) is 0. The lowest BCUT2D eigenvalue weighted by Gasteiger charge is -2.26. The molecule has 3 heteroatoms. The fourth-order valence-corrected chi connectivity index (χ4v) is 4.78. The highest BCUT2D eigenvalue weighted by Gasteiger charge is 2.36. The second-order valence-electron chi connectivity index (χ2n) is 6.51.